The van der Waals surface area contributed by atoms with Crippen molar-refractivity contribution >= 4 is 51.3 Å². The first-order valence-electron chi connectivity index (χ1n) is 20.8. The van der Waals surface area contributed by atoms with Crippen molar-refractivity contribution in [1.82, 2.24) is 0 Å². The molecule has 8 aromatic rings. The van der Waals surface area contributed by atoms with E-state index in [0.29, 0.717) is 0 Å². The third kappa shape index (κ3) is 4.60. The van der Waals surface area contributed by atoms with Gasteiger partial charge < -0.3 is 9.71 Å². The van der Waals surface area contributed by atoms with Gasteiger partial charge in [0.25, 0.3) is 0 Å². The maximum Gasteiger partial charge on any atom is 0.333 e. The summed E-state index contributed by atoms with van der Waals surface area (Å²) in [4.78, 5) is 5.55. The van der Waals surface area contributed by atoms with Crippen LogP contribution in [0.25, 0.3) is 55.3 Å². The van der Waals surface area contributed by atoms with Gasteiger partial charge in [-0.1, -0.05) is 153 Å². The number of hydrogen-bond donors (Lipinski definition) is 0. The van der Waals surface area contributed by atoms with E-state index >= 15 is 0 Å². The lowest BCUT2D eigenvalue weighted by Crippen LogP contribution is -2.64. The summed E-state index contributed by atoms with van der Waals surface area (Å²) in [7, 11) is 0. The topological polar surface area (TPSA) is 6.48 Å². The lowest BCUT2D eigenvalue weighted by molar-refractivity contribution is 0.195. The monoisotopic (exact) mass is 730 g/mol. The van der Waals surface area contributed by atoms with Gasteiger partial charge in [-0.15, -0.1) is 0 Å². The van der Waals surface area contributed by atoms with Crippen LogP contribution >= 0.6 is 0 Å². The highest BCUT2D eigenvalue weighted by atomic mass is 15.3. The van der Waals surface area contributed by atoms with Gasteiger partial charge in [-0.05, 0) is 128 Å². The van der Waals surface area contributed by atoms with Crippen molar-refractivity contribution < 1.29 is 0 Å². The Morgan fingerprint density at radius 3 is 1.70 bits per heavy atom. The van der Waals surface area contributed by atoms with Gasteiger partial charge in [0.2, 0.25) is 0 Å². The Morgan fingerprint density at radius 1 is 0.474 bits per heavy atom. The molecule has 12 rings (SSSR count). The number of fused-ring (bicyclic) bond motifs is 8. The smallest absolute Gasteiger partial charge is 0.333 e. The van der Waals surface area contributed by atoms with Gasteiger partial charge in [0.1, 0.15) is 0 Å². The molecule has 3 aliphatic heterocycles. The molecule has 0 spiro atoms. The second kappa shape index (κ2) is 12.1. The van der Waals surface area contributed by atoms with Crippen LogP contribution in [0.4, 0.5) is 22.7 Å². The highest BCUT2D eigenvalue weighted by molar-refractivity contribution is 6.93. The van der Waals surface area contributed by atoms with E-state index in [2.05, 4.69) is 199 Å². The van der Waals surface area contributed by atoms with Gasteiger partial charge in [-0.3, -0.25) is 0 Å². The zero-order valence-corrected chi connectivity index (χ0v) is 32.5. The van der Waals surface area contributed by atoms with Crippen LogP contribution in [0.5, 0.6) is 0 Å². The molecular weight excluding hydrogens is 687 g/mol. The molecule has 2 nitrogen and oxygen atoms in total. The second-order valence-electron chi connectivity index (χ2n) is 17.2. The highest BCUT2D eigenvalue weighted by Gasteiger charge is 2.62. The largest absolute Gasteiger partial charge is 0.376 e. The first-order chi connectivity index (χ1) is 28.0. The summed E-state index contributed by atoms with van der Waals surface area (Å²) in [6, 6.07) is 66.3. The molecule has 0 saturated heterocycles. The van der Waals surface area contributed by atoms with E-state index in [9.17, 15) is 0 Å². The van der Waals surface area contributed by atoms with Crippen LogP contribution in [0.15, 0.2) is 176 Å². The van der Waals surface area contributed by atoms with Crippen LogP contribution < -0.4 is 20.6 Å². The predicted octanol–water partition coefficient (Wildman–Crippen LogP) is 12.8. The molecule has 1 aliphatic carbocycles. The lowest BCUT2D eigenvalue weighted by Gasteiger charge is -2.53. The van der Waals surface area contributed by atoms with Crippen molar-refractivity contribution in [2.45, 2.75) is 50.5 Å². The molecule has 0 amide bonds. The fourth-order valence-corrected chi connectivity index (χ4v) is 11.3. The van der Waals surface area contributed by atoms with E-state index in [1.54, 1.807) is 0 Å². The number of hydrogen-bond acceptors (Lipinski definition) is 2. The summed E-state index contributed by atoms with van der Waals surface area (Å²) in [6.45, 7) is 5.15. The predicted molar refractivity (Wildman–Crippen MR) is 242 cm³/mol. The van der Waals surface area contributed by atoms with Crippen molar-refractivity contribution in [3.63, 3.8) is 0 Å². The first-order valence-corrected chi connectivity index (χ1v) is 20.8. The van der Waals surface area contributed by atoms with Crippen molar-refractivity contribution in [1.29, 1.82) is 0 Å². The van der Waals surface area contributed by atoms with Crippen molar-refractivity contribution in [2.75, 3.05) is 9.71 Å². The number of nitrogens with zero attached hydrogens (tertiary/aromatic N) is 2. The molecule has 57 heavy (non-hydrogen) atoms. The number of benzene rings is 8. The molecule has 2 atom stereocenters. The number of rotatable bonds is 4. The normalized spacial score (nSPS) is 19.9. The molecule has 0 radical (unpaired) electrons. The minimum absolute atomic E-state index is 0.00700. The van der Waals surface area contributed by atoms with E-state index in [4.69, 9.17) is 0 Å². The third-order valence-corrected chi connectivity index (χ3v) is 14.3. The standard InChI is InChI=1S/C54H43BN2/c1-53-28-14-15-29-54(53,2)56-50-35-42(37-18-8-4-9-19-37)31-46-45-30-40-22-12-13-23-41(40)34-49(45)57(44-26-24-39(25-27-44)36-16-6-3-7-17-36)55(51(46)50)48-33-43(32-47(53)52(48)56)38-20-10-5-11-21-38/h3-13,16-27,30-35H,14-15,28-29H2,1-2H3. The minimum atomic E-state index is -0.0719. The van der Waals surface area contributed by atoms with Gasteiger partial charge in [-0.25, -0.2) is 0 Å². The summed E-state index contributed by atoms with van der Waals surface area (Å²) >= 11 is 0. The van der Waals surface area contributed by atoms with Crippen LogP contribution in [0.1, 0.15) is 45.1 Å². The molecule has 0 N–H and O–H groups in total. The van der Waals surface area contributed by atoms with E-state index < -0.39 is 0 Å². The highest BCUT2D eigenvalue weighted by Crippen LogP contribution is 2.63. The van der Waals surface area contributed by atoms with Gasteiger partial charge in [0.15, 0.2) is 0 Å². The van der Waals surface area contributed by atoms with E-state index in [-0.39, 0.29) is 17.8 Å². The maximum absolute atomic E-state index is 2.86. The van der Waals surface area contributed by atoms with Crippen LogP contribution in [-0.2, 0) is 5.41 Å². The Labute approximate surface area is 336 Å². The van der Waals surface area contributed by atoms with Gasteiger partial charge in [-0.2, -0.15) is 0 Å². The average Bonchev–Trinajstić information content (AvgIpc) is 3.48. The molecule has 4 aliphatic rings. The summed E-state index contributed by atoms with van der Waals surface area (Å²) in [5.41, 5.74) is 19.8. The molecule has 3 heteroatoms. The Morgan fingerprint density at radius 2 is 1.04 bits per heavy atom. The fraction of sp³-hybridized carbons (Fsp3) is 0.148. The molecule has 3 heterocycles. The second-order valence-corrected chi connectivity index (χ2v) is 17.2. The van der Waals surface area contributed by atoms with Crippen LogP contribution in [0.3, 0.4) is 0 Å². The zero-order valence-electron chi connectivity index (χ0n) is 32.5. The average molecular weight is 731 g/mol. The minimum Gasteiger partial charge on any atom is -0.376 e. The SMILES string of the molecule is CC12CCCCC1(C)N1c3cc(-c4ccccc4)cc4c3B(c3cc(-c5ccccc5)cc2c31)N(c1ccc(-c2ccccc2)cc1)c1cc2ccccc2cc1-4. The Balaban J connectivity index is 1.21. The van der Waals surface area contributed by atoms with Gasteiger partial charge >= 0.3 is 6.85 Å². The molecule has 0 bridgehead atoms. The zero-order chi connectivity index (χ0) is 37.9. The van der Waals surface area contributed by atoms with Crippen molar-refractivity contribution in [3.05, 3.63) is 181 Å². The molecule has 272 valence electrons. The number of anilines is 4. The third-order valence-electron chi connectivity index (χ3n) is 14.3. The molecule has 0 aromatic heterocycles. The summed E-state index contributed by atoms with van der Waals surface area (Å²) in [5, 5.41) is 2.53. The molecule has 2 unspecified atom stereocenters. The van der Waals surface area contributed by atoms with Crippen LogP contribution in [-0.4, -0.2) is 12.4 Å². The molecule has 1 fully saturated rings. The van der Waals surface area contributed by atoms with Crippen LogP contribution in [0.2, 0.25) is 0 Å². The van der Waals surface area contributed by atoms with E-state index in [0.717, 1.165) is 0 Å². The summed E-state index contributed by atoms with van der Waals surface area (Å²) < 4.78 is 0. The van der Waals surface area contributed by atoms with Gasteiger partial charge in [0, 0.05) is 33.7 Å². The summed E-state index contributed by atoms with van der Waals surface area (Å²) in [6.07, 6.45) is 4.86. The molecular formula is C54H43BN2. The van der Waals surface area contributed by atoms with E-state index in [1.165, 1.54) is 120 Å². The van der Waals surface area contributed by atoms with Gasteiger partial charge in [0.05, 0.1) is 5.54 Å². The van der Waals surface area contributed by atoms with Crippen molar-refractivity contribution in [2.24, 2.45) is 0 Å². The Kier molecular flexibility index (Phi) is 6.98. The summed E-state index contributed by atoms with van der Waals surface area (Å²) in [5.74, 6) is 0. The van der Waals surface area contributed by atoms with E-state index in [1.807, 2.05) is 0 Å². The van der Waals surface area contributed by atoms with Crippen LogP contribution in [0, 0.1) is 0 Å². The van der Waals surface area contributed by atoms with Crippen molar-refractivity contribution in [3.8, 4) is 44.5 Å². The fourth-order valence-electron chi connectivity index (χ4n) is 11.3. The Bertz CT molecular complexity index is 2890. The quantitative estimate of drug-likeness (QED) is 0.166. The molecule has 1 saturated carbocycles. The maximum atomic E-state index is 2.86. The first kappa shape index (κ1) is 32.9. The Hall–Kier alpha value is -6.32. The molecule has 8 aromatic carbocycles. The lowest BCUT2D eigenvalue weighted by atomic mass is 9.43.